The second-order valence-corrected chi connectivity index (χ2v) is 4.14. The molecule has 0 N–H and O–H groups in total. The van der Waals surface area contributed by atoms with E-state index in [1.165, 1.54) is 0 Å². The van der Waals surface area contributed by atoms with Crippen LogP contribution in [-0.2, 0) is 6.42 Å². The fourth-order valence-corrected chi connectivity index (χ4v) is 1.85. The molecule has 0 unspecified atom stereocenters. The Hall–Kier alpha value is -2.16. The van der Waals surface area contributed by atoms with E-state index in [0.29, 0.717) is 6.42 Å². The van der Waals surface area contributed by atoms with Crippen LogP contribution in [0.1, 0.15) is 21.5 Å². The van der Waals surface area contributed by atoms with E-state index in [1.807, 2.05) is 31.2 Å². The number of Topliss-reactive ketones (excluding diaryl/α,β-unsaturated/α-hetero) is 1. The molecule has 0 spiro atoms. The second-order valence-electron chi connectivity index (χ2n) is 4.14. The lowest BCUT2D eigenvalue weighted by molar-refractivity contribution is 0.0992. The third-order valence-electron chi connectivity index (χ3n) is 2.82. The summed E-state index contributed by atoms with van der Waals surface area (Å²) in [6.45, 7) is 1.89. The fraction of sp³-hybridized carbons (Fsp3) is 0.200. The highest BCUT2D eigenvalue weighted by Gasteiger charge is 2.10. The van der Waals surface area contributed by atoms with Gasteiger partial charge in [0.05, 0.1) is 7.11 Å². The van der Waals surface area contributed by atoms with E-state index in [-0.39, 0.29) is 5.78 Å². The van der Waals surface area contributed by atoms with Gasteiger partial charge in [0.25, 0.3) is 0 Å². The molecule has 0 atom stereocenters. The number of methoxy groups -OCH3 is 1. The molecule has 0 saturated heterocycles. The van der Waals surface area contributed by atoms with Crippen molar-refractivity contribution in [1.29, 1.82) is 0 Å². The first kappa shape index (κ1) is 12.3. The standard InChI is InChI=1S/C15H15NO2/c1-11-10-16-7-6-14(11)15(17)9-12-4-3-5-13(8-12)18-2/h3-8,10H,9H2,1-2H3. The summed E-state index contributed by atoms with van der Waals surface area (Å²) in [4.78, 5) is 16.2. The maximum absolute atomic E-state index is 12.2. The summed E-state index contributed by atoms with van der Waals surface area (Å²) in [6.07, 6.45) is 3.73. The average molecular weight is 241 g/mol. The largest absolute Gasteiger partial charge is 0.497 e. The maximum atomic E-state index is 12.2. The van der Waals surface area contributed by atoms with E-state index < -0.39 is 0 Å². The number of rotatable bonds is 4. The predicted octanol–water partition coefficient (Wildman–Crippen LogP) is 2.82. The molecule has 1 aromatic heterocycles. The van der Waals surface area contributed by atoms with Gasteiger partial charge in [-0.3, -0.25) is 9.78 Å². The summed E-state index contributed by atoms with van der Waals surface area (Å²) in [6, 6.07) is 9.33. The normalized spacial score (nSPS) is 10.1. The highest BCUT2D eigenvalue weighted by atomic mass is 16.5. The van der Waals surface area contributed by atoms with Crippen LogP contribution < -0.4 is 4.74 Å². The minimum Gasteiger partial charge on any atom is -0.497 e. The van der Waals surface area contributed by atoms with Gasteiger partial charge in [-0.2, -0.15) is 0 Å². The number of nitrogens with zero attached hydrogens (tertiary/aromatic N) is 1. The van der Waals surface area contributed by atoms with Crippen LogP contribution in [0.5, 0.6) is 5.75 Å². The minimum atomic E-state index is 0.100. The Balaban J connectivity index is 2.19. The Bertz CT molecular complexity index is 564. The molecule has 2 rings (SSSR count). The predicted molar refractivity (Wildman–Crippen MR) is 70.0 cm³/mol. The molecule has 1 heterocycles. The van der Waals surface area contributed by atoms with Gasteiger partial charge in [0, 0.05) is 24.4 Å². The van der Waals surface area contributed by atoms with Crippen molar-refractivity contribution in [2.45, 2.75) is 13.3 Å². The molecule has 18 heavy (non-hydrogen) atoms. The van der Waals surface area contributed by atoms with Gasteiger partial charge in [-0.1, -0.05) is 12.1 Å². The summed E-state index contributed by atoms with van der Waals surface area (Å²) in [5, 5.41) is 0. The molecule has 0 aliphatic carbocycles. The van der Waals surface area contributed by atoms with Gasteiger partial charge >= 0.3 is 0 Å². The molecule has 0 saturated carbocycles. The van der Waals surface area contributed by atoms with E-state index >= 15 is 0 Å². The number of aromatic nitrogens is 1. The lowest BCUT2D eigenvalue weighted by Crippen LogP contribution is -2.06. The van der Waals surface area contributed by atoms with Crippen LogP contribution in [0.2, 0.25) is 0 Å². The quantitative estimate of drug-likeness (QED) is 0.773. The van der Waals surface area contributed by atoms with Crippen molar-refractivity contribution in [3.8, 4) is 5.75 Å². The Morgan fingerprint density at radius 2 is 2.17 bits per heavy atom. The number of pyridine rings is 1. The molecular formula is C15H15NO2. The highest BCUT2D eigenvalue weighted by Crippen LogP contribution is 2.15. The summed E-state index contributed by atoms with van der Waals surface area (Å²) < 4.78 is 5.14. The summed E-state index contributed by atoms with van der Waals surface area (Å²) in [7, 11) is 1.62. The Morgan fingerprint density at radius 3 is 2.89 bits per heavy atom. The van der Waals surface area contributed by atoms with E-state index in [9.17, 15) is 4.79 Å². The van der Waals surface area contributed by atoms with E-state index in [2.05, 4.69) is 4.98 Å². The maximum Gasteiger partial charge on any atom is 0.167 e. The van der Waals surface area contributed by atoms with Crippen molar-refractivity contribution in [3.05, 3.63) is 59.4 Å². The summed E-state index contributed by atoms with van der Waals surface area (Å²) in [5.41, 5.74) is 2.59. The van der Waals surface area contributed by atoms with Gasteiger partial charge < -0.3 is 4.74 Å². The van der Waals surface area contributed by atoms with E-state index in [4.69, 9.17) is 4.74 Å². The van der Waals surface area contributed by atoms with Gasteiger partial charge in [-0.25, -0.2) is 0 Å². The van der Waals surface area contributed by atoms with Crippen molar-refractivity contribution in [3.63, 3.8) is 0 Å². The van der Waals surface area contributed by atoms with Gasteiger partial charge in [0.1, 0.15) is 5.75 Å². The molecule has 3 heteroatoms. The number of aryl methyl sites for hydroxylation is 1. The molecule has 3 nitrogen and oxygen atoms in total. The number of benzene rings is 1. The molecule has 0 bridgehead atoms. The molecule has 0 fully saturated rings. The molecular weight excluding hydrogens is 226 g/mol. The zero-order valence-electron chi connectivity index (χ0n) is 10.5. The lowest BCUT2D eigenvalue weighted by Gasteiger charge is -2.06. The Labute approximate surface area is 106 Å². The van der Waals surface area contributed by atoms with Crippen LogP contribution in [0.15, 0.2) is 42.7 Å². The first-order valence-corrected chi connectivity index (χ1v) is 5.77. The van der Waals surface area contributed by atoms with Crippen molar-refractivity contribution in [1.82, 2.24) is 4.98 Å². The zero-order chi connectivity index (χ0) is 13.0. The smallest absolute Gasteiger partial charge is 0.167 e. The first-order valence-electron chi connectivity index (χ1n) is 5.77. The molecule has 1 aromatic carbocycles. The van der Waals surface area contributed by atoms with Crippen LogP contribution in [0, 0.1) is 6.92 Å². The highest BCUT2D eigenvalue weighted by molar-refractivity contribution is 5.98. The SMILES string of the molecule is COc1cccc(CC(=O)c2ccncc2C)c1. The number of ether oxygens (including phenoxy) is 1. The molecule has 0 amide bonds. The average Bonchev–Trinajstić information content (AvgIpc) is 2.39. The second kappa shape index (κ2) is 5.45. The molecule has 92 valence electrons. The van der Waals surface area contributed by atoms with Crippen molar-refractivity contribution in [2.75, 3.05) is 7.11 Å². The molecule has 0 aliphatic rings. The van der Waals surface area contributed by atoms with Crippen molar-refractivity contribution < 1.29 is 9.53 Å². The van der Waals surface area contributed by atoms with Gasteiger partial charge in [-0.05, 0) is 36.2 Å². The number of ketones is 1. The third-order valence-corrected chi connectivity index (χ3v) is 2.82. The topological polar surface area (TPSA) is 39.2 Å². The van der Waals surface area contributed by atoms with Gasteiger partial charge in [-0.15, -0.1) is 0 Å². The van der Waals surface area contributed by atoms with Crippen LogP contribution in [0.4, 0.5) is 0 Å². The monoisotopic (exact) mass is 241 g/mol. The minimum absolute atomic E-state index is 0.100. The van der Waals surface area contributed by atoms with Crippen molar-refractivity contribution in [2.24, 2.45) is 0 Å². The molecule has 0 aliphatic heterocycles. The summed E-state index contributed by atoms with van der Waals surface area (Å²) >= 11 is 0. The van der Waals surface area contributed by atoms with Crippen LogP contribution in [0.25, 0.3) is 0 Å². The van der Waals surface area contributed by atoms with Crippen molar-refractivity contribution >= 4 is 5.78 Å². The number of hydrogen-bond acceptors (Lipinski definition) is 3. The van der Waals surface area contributed by atoms with E-state index in [0.717, 1.165) is 22.4 Å². The first-order chi connectivity index (χ1) is 8.70. The van der Waals surface area contributed by atoms with Crippen LogP contribution in [-0.4, -0.2) is 17.9 Å². The van der Waals surface area contributed by atoms with Gasteiger partial charge in [0.2, 0.25) is 0 Å². The van der Waals surface area contributed by atoms with E-state index in [1.54, 1.807) is 25.6 Å². The fourth-order valence-electron chi connectivity index (χ4n) is 1.85. The molecule has 2 aromatic rings. The number of carbonyl (C=O) groups is 1. The Kier molecular flexibility index (Phi) is 3.72. The van der Waals surface area contributed by atoms with Crippen LogP contribution in [0.3, 0.4) is 0 Å². The number of hydrogen-bond donors (Lipinski definition) is 0. The zero-order valence-corrected chi connectivity index (χ0v) is 10.5. The third kappa shape index (κ3) is 2.74. The number of carbonyl (C=O) groups excluding carboxylic acids is 1. The Morgan fingerprint density at radius 1 is 1.33 bits per heavy atom. The van der Waals surface area contributed by atoms with Gasteiger partial charge in [0.15, 0.2) is 5.78 Å². The molecule has 0 radical (unpaired) electrons. The van der Waals surface area contributed by atoms with Crippen LogP contribution >= 0.6 is 0 Å². The lowest BCUT2D eigenvalue weighted by atomic mass is 10.0. The summed E-state index contributed by atoms with van der Waals surface area (Å²) in [5.74, 6) is 0.870.